The predicted octanol–water partition coefficient (Wildman–Crippen LogP) is 1.68. The second kappa shape index (κ2) is 6.65. The molecule has 0 radical (unpaired) electrons. The molecule has 18 heavy (non-hydrogen) atoms. The summed E-state index contributed by atoms with van der Waals surface area (Å²) in [5, 5.41) is 2.01. The Morgan fingerprint density at radius 3 is 2.67 bits per heavy atom. The average Bonchev–Trinajstić information content (AvgIpc) is 2.81. The molecule has 3 N–H and O–H groups in total. The lowest BCUT2D eigenvalue weighted by atomic mass is 9.92. The minimum atomic E-state index is -3.18. The normalized spacial score (nSPS) is 12.8. The SMILES string of the molecule is CC(C)(CNS(=O)(=O)CCCCN)c1cccs1. The summed E-state index contributed by atoms with van der Waals surface area (Å²) in [6, 6.07) is 4.02. The van der Waals surface area contributed by atoms with Crippen molar-refractivity contribution in [2.45, 2.75) is 32.1 Å². The van der Waals surface area contributed by atoms with Crippen molar-refractivity contribution in [3.63, 3.8) is 0 Å². The molecule has 0 amide bonds. The summed E-state index contributed by atoms with van der Waals surface area (Å²) in [5.74, 6) is 0.157. The molecule has 104 valence electrons. The molecular formula is C12H22N2O2S2. The van der Waals surface area contributed by atoms with Crippen LogP contribution in [0.3, 0.4) is 0 Å². The lowest BCUT2D eigenvalue weighted by Gasteiger charge is -2.23. The summed E-state index contributed by atoms with van der Waals surface area (Å²) in [5.41, 5.74) is 5.18. The molecule has 1 aromatic heterocycles. The first kappa shape index (κ1) is 15.6. The molecule has 6 heteroatoms. The summed E-state index contributed by atoms with van der Waals surface area (Å²) in [4.78, 5) is 1.19. The third kappa shape index (κ3) is 5.06. The quantitative estimate of drug-likeness (QED) is 0.716. The van der Waals surface area contributed by atoms with Gasteiger partial charge in [-0.05, 0) is 30.8 Å². The molecule has 0 saturated carbocycles. The minimum Gasteiger partial charge on any atom is -0.330 e. The van der Waals surface area contributed by atoms with E-state index in [1.54, 1.807) is 11.3 Å². The van der Waals surface area contributed by atoms with E-state index in [1.807, 2.05) is 31.4 Å². The van der Waals surface area contributed by atoms with Crippen molar-refractivity contribution in [3.8, 4) is 0 Å². The van der Waals surface area contributed by atoms with Crippen molar-refractivity contribution in [1.29, 1.82) is 0 Å². The zero-order chi connectivity index (χ0) is 13.6. The third-order valence-corrected chi connectivity index (χ3v) is 5.44. The minimum absolute atomic E-state index is 0.157. The Bertz CT molecular complexity index is 439. The first-order chi connectivity index (χ1) is 8.37. The van der Waals surface area contributed by atoms with Gasteiger partial charge in [-0.1, -0.05) is 19.9 Å². The maximum absolute atomic E-state index is 11.8. The molecule has 0 bridgehead atoms. The largest absolute Gasteiger partial charge is 0.330 e. The van der Waals surface area contributed by atoms with Crippen molar-refractivity contribution < 1.29 is 8.42 Å². The Kier molecular flexibility index (Phi) is 5.78. The summed E-state index contributed by atoms with van der Waals surface area (Å²) in [7, 11) is -3.18. The highest BCUT2D eigenvalue weighted by atomic mass is 32.2. The zero-order valence-electron chi connectivity index (χ0n) is 11.0. The number of nitrogens with two attached hydrogens (primary N) is 1. The Balaban J connectivity index is 2.49. The van der Waals surface area contributed by atoms with Gasteiger partial charge in [0.2, 0.25) is 10.0 Å². The summed E-state index contributed by atoms with van der Waals surface area (Å²) < 4.78 is 26.2. The fourth-order valence-corrected chi connectivity index (χ4v) is 3.71. The molecule has 0 aliphatic heterocycles. The van der Waals surface area contributed by atoms with E-state index in [-0.39, 0.29) is 11.2 Å². The molecule has 0 aromatic carbocycles. The van der Waals surface area contributed by atoms with Gasteiger partial charge in [-0.25, -0.2) is 13.1 Å². The highest BCUT2D eigenvalue weighted by molar-refractivity contribution is 7.89. The predicted molar refractivity (Wildman–Crippen MR) is 77.4 cm³/mol. The van der Waals surface area contributed by atoms with Gasteiger partial charge in [0.25, 0.3) is 0 Å². The van der Waals surface area contributed by atoms with Crippen molar-refractivity contribution >= 4 is 21.4 Å². The molecule has 0 aliphatic rings. The van der Waals surface area contributed by atoms with Gasteiger partial charge in [-0.15, -0.1) is 11.3 Å². The van der Waals surface area contributed by atoms with E-state index >= 15 is 0 Å². The lowest BCUT2D eigenvalue weighted by Crippen LogP contribution is -2.37. The second-order valence-corrected chi connectivity index (χ2v) is 7.87. The van der Waals surface area contributed by atoms with Gasteiger partial charge < -0.3 is 5.73 Å². The summed E-state index contributed by atoms with van der Waals surface area (Å²) in [6.45, 7) is 5.05. The molecule has 0 fully saturated rings. The van der Waals surface area contributed by atoms with Crippen LogP contribution >= 0.6 is 11.3 Å². The number of unbranched alkanes of at least 4 members (excludes halogenated alkanes) is 1. The van der Waals surface area contributed by atoms with Crippen LogP contribution in [0, 0.1) is 0 Å². The van der Waals surface area contributed by atoms with Crippen molar-refractivity contribution in [2.75, 3.05) is 18.8 Å². The van der Waals surface area contributed by atoms with Gasteiger partial charge in [-0.2, -0.15) is 0 Å². The maximum Gasteiger partial charge on any atom is 0.211 e. The molecule has 0 atom stereocenters. The van der Waals surface area contributed by atoms with Crippen LogP contribution in [0.1, 0.15) is 31.6 Å². The van der Waals surface area contributed by atoms with Gasteiger partial charge in [0.15, 0.2) is 0 Å². The van der Waals surface area contributed by atoms with E-state index in [0.717, 1.165) is 6.42 Å². The topological polar surface area (TPSA) is 72.2 Å². The van der Waals surface area contributed by atoms with Gasteiger partial charge in [-0.3, -0.25) is 0 Å². The number of thiophene rings is 1. The van der Waals surface area contributed by atoms with E-state index in [0.29, 0.717) is 19.5 Å². The highest BCUT2D eigenvalue weighted by Crippen LogP contribution is 2.26. The maximum atomic E-state index is 11.8. The number of rotatable bonds is 8. The van der Waals surface area contributed by atoms with Crippen LogP contribution < -0.4 is 10.5 Å². The molecular weight excluding hydrogens is 268 g/mol. The Labute approximate surface area is 114 Å². The van der Waals surface area contributed by atoms with Gasteiger partial charge in [0, 0.05) is 16.8 Å². The lowest BCUT2D eigenvalue weighted by molar-refractivity contribution is 0.508. The second-order valence-electron chi connectivity index (χ2n) is 5.00. The van der Waals surface area contributed by atoms with E-state index < -0.39 is 10.0 Å². The number of hydrogen-bond acceptors (Lipinski definition) is 4. The Morgan fingerprint density at radius 2 is 2.11 bits per heavy atom. The van der Waals surface area contributed by atoms with Crippen LogP contribution in [0.2, 0.25) is 0 Å². The molecule has 0 spiro atoms. The van der Waals surface area contributed by atoms with Crippen molar-refractivity contribution in [1.82, 2.24) is 4.72 Å². The summed E-state index contributed by atoms with van der Waals surface area (Å²) in [6.07, 6.45) is 1.36. The van der Waals surface area contributed by atoms with Crippen LogP contribution in [0.25, 0.3) is 0 Å². The Hall–Kier alpha value is -0.430. The van der Waals surface area contributed by atoms with Gasteiger partial charge in [0.1, 0.15) is 0 Å². The molecule has 0 unspecified atom stereocenters. The van der Waals surface area contributed by atoms with Crippen LogP contribution in [-0.2, 0) is 15.4 Å². The zero-order valence-corrected chi connectivity index (χ0v) is 12.6. The van der Waals surface area contributed by atoms with Crippen LogP contribution in [-0.4, -0.2) is 27.3 Å². The smallest absolute Gasteiger partial charge is 0.211 e. The standard InChI is InChI=1S/C12H22N2O2S2/c1-12(2,11-6-5-8-17-11)10-14-18(15,16)9-4-3-7-13/h5-6,8,14H,3-4,7,9-10,13H2,1-2H3. The van der Waals surface area contributed by atoms with Crippen molar-refractivity contribution in [3.05, 3.63) is 22.4 Å². The third-order valence-electron chi connectivity index (χ3n) is 2.79. The molecule has 0 saturated heterocycles. The van der Waals surface area contributed by atoms with E-state index in [9.17, 15) is 8.42 Å². The number of hydrogen-bond donors (Lipinski definition) is 2. The monoisotopic (exact) mass is 290 g/mol. The van der Waals surface area contributed by atoms with Crippen LogP contribution in [0.4, 0.5) is 0 Å². The molecule has 1 rings (SSSR count). The molecule has 1 aromatic rings. The Morgan fingerprint density at radius 1 is 1.39 bits per heavy atom. The highest BCUT2D eigenvalue weighted by Gasteiger charge is 2.23. The number of nitrogens with one attached hydrogen (secondary N) is 1. The number of sulfonamides is 1. The average molecular weight is 290 g/mol. The van der Waals surface area contributed by atoms with Gasteiger partial charge >= 0.3 is 0 Å². The first-order valence-electron chi connectivity index (χ1n) is 6.09. The van der Waals surface area contributed by atoms with E-state index in [2.05, 4.69) is 4.72 Å². The summed E-state index contributed by atoms with van der Waals surface area (Å²) >= 11 is 1.65. The first-order valence-corrected chi connectivity index (χ1v) is 8.62. The van der Waals surface area contributed by atoms with E-state index in [1.165, 1.54) is 4.88 Å². The van der Waals surface area contributed by atoms with Crippen LogP contribution in [0.15, 0.2) is 17.5 Å². The van der Waals surface area contributed by atoms with Crippen molar-refractivity contribution in [2.24, 2.45) is 5.73 Å². The van der Waals surface area contributed by atoms with Gasteiger partial charge in [0.05, 0.1) is 5.75 Å². The molecule has 1 heterocycles. The fourth-order valence-electron chi connectivity index (χ4n) is 1.55. The fraction of sp³-hybridized carbons (Fsp3) is 0.667. The van der Waals surface area contributed by atoms with E-state index in [4.69, 9.17) is 5.73 Å². The van der Waals surface area contributed by atoms with Crippen LogP contribution in [0.5, 0.6) is 0 Å². The molecule has 0 aliphatic carbocycles. The molecule has 4 nitrogen and oxygen atoms in total.